The minimum Gasteiger partial charge on any atom is -0.365 e. The van der Waals surface area contributed by atoms with Crippen molar-refractivity contribution in [3.8, 4) is 6.07 Å². The Morgan fingerprint density at radius 2 is 1.86 bits per heavy atom. The van der Waals surface area contributed by atoms with E-state index in [1.807, 2.05) is 49.9 Å². The second-order valence-corrected chi connectivity index (χ2v) is 7.24. The van der Waals surface area contributed by atoms with Crippen LogP contribution >= 0.6 is 0 Å². The minimum atomic E-state index is 0.0801. The highest BCUT2D eigenvalue weighted by Gasteiger charge is 2.25. The molecule has 2 heterocycles. The molecule has 1 fully saturated rings. The number of likely N-dealkylation sites (tertiary alicyclic amines) is 1. The first-order valence-electron chi connectivity index (χ1n) is 9.98. The minimum absolute atomic E-state index is 0.0801. The molecule has 6 nitrogen and oxygen atoms in total. The van der Waals surface area contributed by atoms with Crippen LogP contribution in [0.25, 0.3) is 0 Å². The van der Waals surface area contributed by atoms with Gasteiger partial charge in [-0.2, -0.15) is 10.4 Å². The Bertz CT molecular complexity index is 877. The van der Waals surface area contributed by atoms with Crippen LogP contribution in [0.2, 0.25) is 0 Å². The first kappa shape index (κ1) is 19.8. The summed E-state index contributed by atoms with van der Waals surface area (Å²) in [5.41, 5.74) is 4.36. The summed E-state index contributed by atoms with van der Waals surface area (Å²) in [6.07, 6.45) is 3.17. The van der Waals surface area contributed by atoms with E-state index in [2.05, 4.69) is 21.6 Å². The van der Waals surface area contributed by atoms with E-state index >= 15 is 0 Å². The van der Waals surface area contributed by atoms with E-state index in [-0.39, 0.29) is 11.9 Å². The van der Waals surface area contributed by atoms with Crippen LogP contribution in [0.1, 0.15) is 59.4 Å². The van der Waals surface area contributed by atoms with Gasteiger partial charge in [-0.15, -0.1) is 5.10 Å². The molecule has 0 radical (unpaired) electrons. The van der Waals surface area contributed by atoms with Crippen molar-refractivity contribution >= 4 is 11.7 Å². The molecule has 146 valence electrons. The summed E-state index contributed by atoms with van der Waals surface area (Å²) in [5.74, 6) is 0.649. The summed E-state index contributed by atoms with van der Waals surface area (Å²) in [7, 11) is 0. The lowest BCUT2D eigenvalue weighted by molar-refractivity contribution is 0.0718. The van der Waals surface area contributed by atoms with Gasteiger partial charge in [0, 0.05) is 24.7 Å². The summed E-state index contributed by atoms with van der Waals surface area (Å²) in [5, 5.41) is 21.6. The maximum atomic E-state index is 12.7. The molecular weight excluding hydrogens is 350 g/mol. The number of hydrogen-bond donors (Lipinski definition) is 1. The summed E-state index contributed by atoms with van der Waals surface area (Å²) in [4.78, 5) is 14.6. The number of anilines is 1. The predicted octanol–water partition coefficient (Wildman–Crippen LogP) is 3.50. The Morgan fingerprint density at radius 3 is 2.43 bits per heavy atom. The van der Waals surface area contributed by atoms with Crippen LogP contribution in [0.4, 0.5) is 5.82 Å². The number of nitrogens with zero attached hydrogens (tertiary/aromatic N) is 4. The number of hydrogen-bond acceptors (Lipinski definition) is 5. The van der Waals surface area contributed by atoms with Gasteiger partial charge >= 0.3 is 0 Å². The van der Waals surface area contributed by atoms with E-state index in [1.165, 1.54) is 0 Å². The predicted molar refractivity (Wildman–Crippen MR) is 109 cm³/mol. The van der Waals surface area contributed by atoms with Crippen molar-refractivity contribution in [3.05, 3.63) is 52.2 Å². The molecule has 0 spiro atoms. The molecule has 2 aromatic rings. The van der Waals surface area contributed by atoms with E-state index in [0.29, 0.717) is 24.5 Å². The number of benzene rings is 1. The van der Waals surface area contributed by atoms with Crippen LogP contribution in [0.5, 0.6) is 0 Å². The molecule has 0 unspecified atom stereocenters. The molecule has 0 saturated carbocycles. The van der Waals surface area contributed by atoms with Crippen molar-refractivity contribution in [2.24, 2.45) is 0 Å². The molecule has 1 aliphatic heterocycles. The van der Waals surface area contributed by atoms with Crippen molar-refractivity contribution in [1.29, 1.82) is 5.26 Å². The summed E-state index contributed by atoms with van der Waals surface area (Å²) in [6, 6.07) is 10.2. The smallest absolute Gasteiger partial charge is 0.253 e. The van der Waals surface area contributed by atoms with Gasteiger partial charge < -0.3 is 10.2 Å². The highest BCUT2D eigenvalue weighted by atomic mass is 16.2. The van der Waals surface area contributed by atoms with Crippen LogP contribution in [0, 0.1) is 18.3 Å². The number of carbonyl (C=O) groups excluding carboxylic acids is 1. The molecule has 1 saturated heterocycles. The van der Waals surface area contributed by atoms with Gasteiger partial charge in [-0.25, -0.2) is 0 Å². The lowest BCUT2D eigenvalue weighted by Crippen LogP contribution is -2.42. The first-order valence-corrected chi connectivity index (χ1v) is 9.98. The molecule has 1 aromatic carbocycles. The van der Waals surface area contributed by atoms with Crippen molar-refractivity contribution < 1.29 is 4.79 Å². The molecule has 0 atom stereocenters. The third-order valence-corrected chi connectivity index (χ3v) is 5.38. The largest absolute Gasteiger partial charge is 0.365 e. The Hall–Kier alpha value is -2.94. The number of aromatic nitrogens is 2. The Balaban J connectivity index is 1.65. The summed E-state index contributed by atoms with van der Waals surface area (Å²) >= 11 is 0. The second kappa shape index (κ2) is 8.83. The van der Waals surface area contributed by atoms with Crippen LogP contribution < -0.4 is 5.32 Å². The van der Waals surface area contributed by atoms with Gasteiger partial charge in [0.1, 0.15) is 11.6 Å². The second-order valence-electron chi connectivity index (χ2n) is 7.24. The van der Waals surface area contributed by atoms with E-state index in [9.17, 15) is 10.1 Å². The molecule has 1 N–H and O–H groups in total. The Morgan fingerprint density at radius 1 is 1.18 bits per heavy atom. The zero-order valence-corrected chi connectivity index (χ0v) is 16.8. The summed E-state index contributed by atoms with van der Waals surface area (Å²) < 4.78 is 0. The molecule has 1 amide bonds. The number of amides is 1. The van der Waals surface area contributed by atoms with Crippen molar-refractivity contribution in [3.63, 3.8) is 0 Å². The average molecular weight is 377 g/mol. The number of rotatable bonds is 5. The molecule has 0 bridgehead atoms. The van der Waals surface area contributed by atoms with E-state index in [0.717, 1.165) is 48.1 Å². The van der Waals surface area contributed by atoms with Gasteiger partial charge in [-0.3, -0.25) is 4.79 Å². The lowest BCUT2D eigenvalue weighted by atomic mass is 10.0. The van der Waals surface area contributed by atoms with Gasteiger partial charge in [0.15, 0.2) is 5.82 Å². The van der Waals surface area contributed by atoms with E-state index < -0.39 is 0 Å². The fourth-order valence-corrected chi connectivity index (χ4v) is 3.69. The fourth-order valence-electron chi connectivity index (χ4n) is 3.69. The number of nitrogens with one attached hydrogen (secondary N) is 1. The third kappa shape index (κ3) is 4.14. The zero-order valence-electron chi connectivity index (χ0n) is 16.8. The van der Waals surface area contributed by atoms with Gasteiger partial charge in [0.05, 0.1) is 5.69 Å². The highest BCUT2D eigenvalue weighted by molar-refractivity contribution is 5.94. The molecular formula is C22H27N5O. The standard InChI is InChI=1S/C22H27N5O/c1-4-18-19(14-23)21(26-25-20(18)5-2)24-17-10-12-27(13-11-17)22(28)16-8-6-15(3)7-9-16/h6-9,17H,4-5,10-13H2,1-3H3,(H,24,26). The average Bonchev–Trinajstić information content (AvgIpc) is 2.73. The molecule has 1 aromatic heterocycles. The number of nitriles is 1. The van der Waals surface area contributed by atoms with Gasteiger partial charge in [0.25, 0.3) is 5.91 Å². The molecule has 6 heteroatoms. The van der Waals surface area contributed by atoms with Crippen molar-refractivity contribution in [2.45, 2.75) is 52.5 Å². The van der Waals surface area contributed by atoms with Crippen molar-refractivity contribution in [1.82, 2.24) is 15.1 Å². The van der Waals surface area contributed by atoms with Gasteiger partial charge in [-0.1, -0.05) is 31.5 Å². The molecule has 28 heavy (non-hydrogen) atoms. The maximum Gasteiger partial charge on any atom is 0.253 e. The third-order valence-electron chi connectivity index (χ3n) is 5.38. The Labute approximate surface area is 166 Å². The summed E-state index contributed by atoms with van der Waals surface area (Å²) in [6.45, 7) is 7.45. The molecule has 1 aliphatic rings. The van der Waals surface area contributed by atoms with Crippen LogP contribution in [-0.2, 0) is 12.8 Å². The van der Waals surface area contributed by atoms with Crippen LogP contribution in [0.3, 0.4) is 0 Å². The van der Waals surface area contributed by atoms with Crippen molar-refractivity contribution in [2.75, 3.05) is 18.4 Å². The zero-order chi connectivity index (χ0) is 20.1. The number of aryl methyl sites for hydroxylation is 2. The van der Waals surface area contributed by atoms with Crippen LogP contribution in [-0.4, -0.2) is 40.1 Å². The number of carbonyl (C=O) groups is 1. The maximum absolute atomic E-state index is 12.7. The Kier molecular flexibility index (Phi) is 6.25. The highest BCUT2D eigenvalue weighted by Crippen LogP contribution is 2.23. The van der Waals surface area contributed by atoms with E-state index in [1.54, 1.807) is 0 Å². The monoisotopic (exact) mass is 377 g/mol. The molecule has 3 rings (SSSR count). The lowest BCUT2D eigenvalue weighted by Gasteiger charge is -2.33. The SMILES string of the molecule is CCc1nnc(NC2CCN(C(=O)c3ccc(C)cc3)CC2)c(C#N)c1CC. The molecule has 0 aliphatic carbocycles. The fraction of sp³-hybridized carbons (Fsp3) is 0.455. The van der Waals surface area contributed by atoms with Gasteiger partial charge in [-0.05, 0) is 50.3 Å². The first-order chi connectivity index (χ1) is 13.6. The normalized spacial score (nSPS) is 14.6. The quantitative estimate of drug-likeness (QED) is 0.862. The topological polar surface area (TPSA) is 81.9 Å². The van der Waals surface area contributed by atoms with E-state index in [4.69, 9.17) is 0 Å². The number of piperidine rings is 1. The van der Waals surface area contributed by atoms with Gasteiger partial charge in [0.2, 0.25) is 0 Å². The van der Waals surface area contributed by atoms with Crippen LogP contribution in [0.15, 0.2) is 24.3 Å².